The molecule has 12 heavy (non-hydrogen) atoms. The smallest absolute Gasteiger partial charge is 0.232 e. The summed E-state index contributed by atoms with van der Waals surface area (Å²) in [7, 11) is 0. The fraction of sp³-hybridized carbons (Fsp3) is 0. The minimum Gasteiger partial charge on any atom is -0.247 e. The molecule has 0 saturated heterocycles. The third-order valence-electron chi connectivity index (χ3n) is 1.28. The van der Waals surface area contributed by atoms with Gasteiger partial charge in [0, 0.05) is 0 Å². The maximum Gasteiger partial charge on any atom is 0.232 e. The Bertz CT molecular complexity index is 360. The summed E-state index contributed by atoms with van der Waals surface area (Å²) in [4.78, 5) is 5.45. The minimum absolute atomic E-state index is 0.551. The van der Waals surface area contributed by atoms with E-state index in [9.17, 15) is 8.78 Å². The maximum atomic E-state index is 12.7. The van der Waals surface area contributed by atoms with Gasteiger partial charge in [-0.25, -0.2) is 18.5 Å². The molecule has 0 unspecified atom stereocenters. The van der Waals surface area contributed by atoms with Crippen molar-refractivity contribution < 1.29 is 8.78 Å². The van der Waals surface area contributed by atoms with Gasteiger partial charge in [-0.2, -0.15) is 0 Å². The summed E-state index contributed by atoms with van der Waals surface area (Å²) in [5.74, 6) is -1.73. The van der Waals surface area contributed by atoms with E-state index in [1.807, 2.05) is 0 Å². The first-order valence-corrected chi connectivity index (χ1v) is 2.93. The first-order valence-electron chi connectivity index (χ1n) is 2.93. The van der Waals surface area contributed by atoms with Gasteiger partial charge in [0.1, 0.15) is 11.6 Å². The lowest BCUT2D eigenvalue weighted by Crippen LogP contribution is -1.78. The largest absolute Gasteiger partial charge is 0.247 e. The number of rotatable bonds is 0. The molecule has 0 aromatic heterocycles. The highest BCUT2D eigenvalue weighted by molar-refractivity contribution is 5.71. The van der Waals surface area contributed by atoms with Gasteiger partial charge in [0.2, 0.25) is 11.4 Å². The first-order chi connectivity index (χ1) is 5.70. The molecule has 58 valence electrons. The van der Waals surface area contributed by atoms with Gasteiger partial charge in [0.25, 0.3) is 0 Å². The van der Waals surface area contributed by atoms with Gasteiger partial charge < -0.3 is 0 Å². The molecule has 0 aliphatic rings. The van der Waals surface area contributed by atoms with Gasteiger partial charge in [0.15, 0.2) is 0 Å². The summed E-state index contributed by atoms with van der Waals surface area (Å²) in [6.45, 7) is 13.0. The number of nitrogens with zero attached hydrogens (tertiary/aromatic N) is 2. The van der Waals surface area contributed by atoms with Crippen molar-refractivity contribution in [2.45, 2.75) is 0 Å². The topological polar surface area (TPSA) is 8.72 Å². The molecule has 0 heterocycles. The molecule has 0 spiro atoms. The molecule has 1 rings (SSSR count). The quantitative estimate of drug-likeness (QED) is 0.521. The Hall–Kier alpha value is -1.94. The number of hydrogen-bond donors (Lipinski definition) is 0. The van der Waals surface area contributed by atoms with Gasteiger partial charge in [0.05, 0.1) is 13.1 Å². The normalized spacial score (nSPS) is 8.67. The minimum atomic E-state index is -0.864. The number of halogens is 2. The fourth-order valence-electron chi connectivity index (χ4n) is 0.743. The van der Waals surface area contributed by atoms with Crippen LogP contribution in [0.15, 0.2) is 12.1 Å². The summed E-state index contributed by atoms with van der Waals surface area (Å²) in [6, 6.07) is 1.66. The van der Waals surface area contributed by atoms with Crippen LogP contribution in [0.1, 0.15) is 0 Å². The predicted molar refractivity (Wildman–Crippen MR) is 38.9 cm³/mol. The highest BCUT2D eigenvalue weighted by atomic mass is 19.1. The van der Waals surface area contributed by atoms with Crippen LogP contribution in [-0.2, 0) is 0 Å². The van der Waals surface area contributed by atoms with Gasteiger partial charge in [-0.15, -0.1) is 0 Å². The standard InChI is InChI=1S/C8H2F2N2/c1-11-7-5(9)3-4-6(10)8(7)12-2/h3-4H. The molecule has 0 radical (unpaired) electrons. The molecule has 0 N–H and O–H groups in total. The molecule has 0 bridgehead atoms. The molecule has 0 fully saturated rings. The lowest BCUT2D eigenvalue weighted by atomic mass is 10.2. The Balaban J connectivity index is 3.55. The van der Waals surface area contributed by atoms with Crippen molar-refractivity contribution in [2.75, 3.05) is 0 Å². The Kier molecular flexibility index (Phi) is 2.02. The van der Waals surface area contributed by atoms with Crippen molar-refractivity contribution in [3.8, 4) is 0 Å². The SMILES string of the molecule is [C-]#[N+]c1c(F)ccc(F)c1[N+]#[C-]. The Morgan fingerprint density at radius 1 is 0.917 bits per heavy atom. The molecule has 0 aliphatic heterocycles. The van der Waals surface area contributed by atoms with Crippen LogP contribution in [0.5, 0.6) is 0 Å². The molecule has 0 aliphatic carbocycles. The van der Waals surface area contributed by atoms with Crippen LogP contribution < -0.4 is 0 Å². The lowest BCUT2D eigenvalue weighted by Gasteiger charge is -1.96. The molecule has 1 aromatic carbocycles. The summed E-state index contributed by atoms with van der Waals surface area (Å²) in [5, 5.41) is 0. The predicted octanol–water partition coefficient (Wildman–Crippen LogP) is 3.07. The van der Waals surface area contributed by atoms with Crippen molar-refractivity contribution in [3.63, 3.8) is 0 Å². The summed E-state index contributed by atoms with van der Waals surface area (Å²) in [5.41, 5.74) is -1.10. The van der Waals surface area contributed by atoms with E-state index in [1.165, 1.54) is 0 Å². The maximum absolute atomic E-state index is 12.7. The summed E-state index contributed by atoms with van der Waals surface area (Å²) in [6.07, 6.45) is 0. The van der Waals surface area contributed by atoms with Crippen molar-refractivity contribution in [1.82, 2.24) is 0 Å². The van der Waals surface area contributed by atoms with Gasteiger partial charge >= 0.3 is 0 Å². The fourth-order valence-corrected chi connectivity index (χ4v) is 0.743. The van der Waals surface area contributed by atoms with Crippen molar-refractivity contribution in [3.05, 3.63) is 46.6 Å². The zero-order valence-electron chi connectivity index (χ0n) is 5.81. The second kappa shape index (κ2) is 2.98. The Morgan fingerprint density at radius 2 is 1.25 bits per heavy atom. The highest BCUT2D eigenvalue weighted by Gasteiger charge is 2.13. The second-order valence-corrected chi connectivity index (χ2v) is 1.95. The third kappa shape index (κ3) is 1.11. The molecule has 0 amide bonds. The van der Waals surface area contributed by atoms with E-state index >= 15 is 0 Å². The zero-order chi connectivity index (χ0) is 9.14. The van der Waals surface area contributed by atoms with Crippen LogP contribution >= 0.6 is 0 Å². The van der Waals surface area contributed by atoms with Crippen LogP contribution in [0, 0.1) is 24.8 Å². The molecule has 2 nitrogen and oxygen atoms in total. The van der Waals surface area contributed by atoms with Crippen molar-refractivity contribution >= 4 is 11.4 Å². The highest BCUT2D eigenvalue weighted by Crippen LogP contribution is 2.33. The first kappa shape index (κ1) is 8.16. The van der Waals surface area contributed by atoms with Gasteiger partial charge in [-0.3, -0.25) is 0 Å². The van der Waals surface area contributed by atoms with Gasteiger partial charge in [-0.1, -0.05) is 0 Å². The molecular formula is C8H2F2N2. The van der Waals surface area contributed by atoms with E-state index < -0.39 is 23.0 Å². The average Bonchev–Trinajstić information content (AvgIpc) is 2.08. The number of benzene rings is 1. The summed E-state index contributed by atoms with van der Waals surface area (Å²) >= 11 is 0. The Labute approximate surface area is 67.7 Å². The van der Waals surface area contributed by atoms with Crippen molar-refractivity contribution in [1.29, 1.82) is 0 Å². The van der Waals surface area contributed by atoms with E-state index in [-0.39, 0.29) is 0 Å². The monoisotopic (exact) mass is 164 g/mol. The van der Waals surface area contributed by atoms with Crippen LogP contribution in [0.25, 0.3) is 9.69 Å². The van der Waals surface area contributed by atoms with E-state index in [1.54, 1.807) is 0 Å². The van der Waals surface area contributed by atoms with Crippen molar-refractivity contribution in [2.24, 2.45) is 0 Å². The zero-order valence-corrected chi connectivity index (χ0v) is 5.81. The average molecular weight is 164 g/mol. The molecule has 0 saturated carbocycles. The van der Waals surface area contributed by atoms with Crippen LogP contribution in [0.4, 0.5) is 20.2 Å². The van der Waals surface area contributed by atoms with Crippen LogP contribution in [-0.4, -0.2) is 0 Å². The molecule has 4 heteroatoms. The van der Waals surface area contributed by atoms with Crippen LogP contribution in [0.2, 0.25) is 0 Å². The third-order valence-corrected chi connectivity index (χ3v) is 1.28. The number of hydrogen-bond acceptors (Lipinski definition) is 0. The van der Waals surface area contributed by atoms with E-state index in [0.29, 0.717) is 0 Å². The van der Waals surface area contributed by atoms with E-state index in [0.717, 1.165) is 12.1 Å². The van der Waals surface area contributed by atoms with E-state index in [2.05, 4.69) is 9.69 Å². The van der Waals surface area contributed by atoms with Crippen LogP contribution in [0.3, 0.4) is 0 Å². The van der Waals surface area contributed by atoms with Gasteiger partial charge in [-0.05, 0) is 12.1 Å². The van der Waals surface area contributed by atoms with E-state index in [4.69, 9.17) is 13.1 Å². The Morgan fingerprint density at radius 3 is 1.50 bits per heavy atom. The second-order valence-electron chi connectivity index (χ2n) is 1.95. The molecule has 0 atom stereocenters. The lowest BCUT2D eigenvalue weighted by molar-refractivity contribution is 0.610. The molecular weight excluding hydrogens is 162 g/mol. The molecule has 1 aromatic rings. The summed E-state index contributed by atoms with van der Waals surface area (Å²) < 4.78 is 25.4.